The van der Waals surface area contributed by atoms with E-state index in [1.165, 1.54) is 0 Å². The third kappa shape index (κ3) is 0.586. The van der Waals surface area contributed by atoms with Crippen molar-refractivity contribution in [3.63, 3.8) is 0 Å². The third-order valence-electron chi connectivity index (χ3n) is 1.37. The average molecular weight is 134 g/mol. The van der Waals surface area contributed by atoms with E-state index >= 15 is 0 Å². The van der Waals surface area contributed by atoms with E-state index in [1.54, 1.807) is 23.3 Å². The minimum Gasteiger partial charge on any atom is -0.250 e. The van der Waals surface area contributed by atoms with Crippen LogP contribution in [0.1, 0.15) is 0 Å². The van der Waals surface area contributed by atoms with Gasteiger partial charge in [-0.2, -0.15) is 5.10 Å². The highest BCUT2D eigenvalue weighted by Crippen LogP contribution is 2.02. The molecule has 0 spiro atoms. The van der Waals surface area contributed by atoms with Gasteiger partial charge in [0.15, 0.2) is 5.65 Å². The Kier molecular flexibility index (Phi) is 0.943. The van der Waals surface area contributed by atoms with Crippen LogP contribution in [-0.4, -0.2) is 19.7 Å². The van der Waals surface area contributed by atoms with Crippen LogP contribution in [0.5, 0.6) is 0 Å². The molecule has 2 aromatic heterocycles. The van der Waals surface area contributed by atoms with Crippen LogP contribution < -0.4 is 0 Å². The molecule has 50 valence electrons. The SMILES string of the molecule is Cn1ncc2nccnc21. The molecule has 2 heterocycles. The van der Waals surface area contributed by atoms with E-state index in [9.17, 15) is 0 Å². The van der Waals surface area contributed by atoms with Gasteiger partial charge in [0.05, 0.1) is 6.20 Å². The lowest BCUT2D eigenvalue weighted by Crippen LogP contribution is -1.90. The minimum atomic E-state index is 0.822. The number of fused-ring (bicyclic) bond motifs is 1. The lowest BCUT2D eigenvalue weighted by atomic mass is 10.6. The zero-order chi connectivity index (χ0) is 6.97. The molecule has 0 unspecified atom stereocenters. The van der Waals surface area contributed by atoms with Crippen LogP contribution in [-0.2, 0) is 7.05 Å². The molecular weight excluding hydrogens is 128 g/mol. The number of hydrogen-bond acceptors (Lipinski definition) is 3. The summed E-state index contributed by atoms with van der Waals surface area (Å²) >= 11 is 0. The maximum atomic E-state index is 4.08. The first-order chi connectivity index (χ1) is 4.88. The quantitative estimate of drug-likeness (QED) is 0.522. The summed E-state index contributed by atoms with van der Waals surface area (Å²) in [6.07, 6.45) is 5.01. The van der Waals surface area contributed by atoms with Crippen molar-refractivity contribution in [1.82, 2.24) is 19.7 Å². The predicted octanol–water partition coefficient (Wildman–Crippen LogP) is 0.363. The van der Waals surface area contributed by atoms with E-state index in [0.717, 1.165) is 11.2 Å². The Bertz CT molecular complexity index is 351. The van der Waals surface area contributed by atoms with E-state index in [1.807, 2.05) is 7.05 Å². The maximum Gasteiger partial charge on any atom is 0.176 e. The van der Waals surface area contributed by atoms with Crippen LogP contribution in [0.25, 0.3) is 11.2 Å². The fourth-order valence-electron chi connectivity index (χ4n) is 0.878. The summed E-state index contributed by atoms with van der Waals surface area (Å²) in [5.41, 5.74) is 1.66. The first-order valence-electron chi connectivity index (χ1n) is 2.96. The van der Waals surface area contributed by atoms with Crippen LogP contribution in [0.4, 0.5) is 0 Å². The Morgan fingerprint density at radius 3 is 2.90 bits per heavy atom. The molecule has 0 fully saturated rings. The number of rotatable bonds is 0. The zero-order valence-electron chi connectivity index (χ0n) is 5.52. The van der Waals surface area contributed by atoms with E-state index in [2.05, 4.69) is 15.1 Å². The second-order valence-electron chi connectivity index (χ2n) is 2.03. The molecule has 0 N–H and O–H groups in total. The highest BCUT2D eigenvalue weighted by atomic mass is 15.3. The number of aromatic nitrogens is 4. The van der Waals surface area contributed by atoms with E-state index in [4.69, 9.17) is 0 Å². The van der Waals surface area contributed by atoms with Gasteiger partial charge in [0, 0.05) is 19.4 Å². The van der Waals surface area contributed by atoms with Gasteiger partial charge >= 0.3 is 0 Å². The topological polar surface area (TPSA) is 43.6 Å². The van der Waals surface area contributed by atoms with E-state index in [0.29, 0.717) is 0 Å². The lowest BCUT2D eigenvalue weighted by molar-refractivity contribution is 0.786. The Morgan fingerprint density at radius 1 is 1.30 bits per heavy atom. The fraction of sp³-hybridized carbons (Fsp3) is 0.167. The summed E-state index contributed by atoms with van der Waals surface area (Å²) < 4.78 is 1.70. The molecule has 0 saturated heterocycles. The van der Waals surface area contributed by atoms with Crippen LogP contribution in [0.3, 0.4) is 0 Å². The molecule has 0 amide bonds. The van der Waals surface area contributed by atoms with Gasteiger partial charge in [0.2, 0.25) is 0 Å². The molecular formula is C6H6N4. The third-order valence-corrected chi connectivity index (χ3v) is 1.37. The summed E-state index contributed by atoms with van der Waals surface area (Å²) in [4.78, 5) is 8.13. The van der Waals surface area contributed by atoms with Gasteiger partial charge in [-0.1, -0.05) is 0 Å². The van der Waals surface area contributed by atoms with Crippen molar-refractivity contribution in [2.45, 2.75) is 0 Å². The van der Waals surface area contributed by atoms with Crippen LogP contribution >= 0.6 is 0 Å². The monoisotopic (exact) mass is 134 g/mol. The number of nitrogens with zero attached hydrogens (tertiary/aromatic N) is 4. The highest BCUT2D eigenvalue weighted by Gasteiger charge is 1.97. The van der Waals surface area contributed by atoms with Crippen LogP contribution in [0.15, 0.2) is 18.6 Å². The Hall–Kier alpha value is -1.45. The Labute approximate surface area is 57.5 Å². The summed E-state index contributed by atoms with van der Waals surface area (Å²) in [7, 11) is 1.84. The standard InChI is InChI=1S/C6H6N4/c1-10-6-5(4-9-10)7-2-3-8-6/h2-4H,1H3. The summed E-state index contributed by atoms with van der Waals surface area (Å²) in [6.45, 7) is 0. The molecule has 0 radical (unpaired) electrons. The van der Waals surface area contributed by atoms with Crippen molar-refractivity contribution in [2.24, 2.45) is 7.05 Å². The summed E-state index contributed by atoms with van der Waals surface area (Å²) in [5, 5.41) is 3.99. The zero-order valence-corrected chi connectivity index (χ0v) is 5.52. The van der Waals surface area contributed by atoms with Crippen molar-refractivity contribution in [3.8, 4) is 0 Å². The van der Waals surface area contributed by atoms with Crippen molar-refractivity contribution >= 4 is 11.2 Å². The summed E-state index contributed by atoms with van der Waals surface area (Å²) in [5.74, 6) is 0. The smallest absolute Gasteiger partial charge is 0.176 e. The van der Waals surface area contributed by atoms with E-state index in [-0.39, 0.29) is 0 Å². The molecule has 0 atom stereocenters. The Balaban J connectivity index is 2.93. The van der Waals surface area contributed by atoms with Crippen LogP contribution in [0.2, 0.25) is 0 Å². The molecule has 0 bridgehead atoms. The average Bonchev–Trinajstić information content (AvgIpc) is 2.34. The molecule has 0 saturated carbocycles. The summed E-state index contributed by atoms with van der Waals surface area (Å²) in [6, 6.07) is 0. The molecule has 2 aromatic rings. The molecule has 0 aromatic carbocycles. The number of aryl methyl sites for hydroxylation is 1. The van der Waals surface area contributed by atoms with E-state index < -0.39 is 0 Å². The molecule has 0 aliphatic carbocycles. The van der Waals surface area contributed by atoms with Gasteiger partial charge in [0.1, 0.15) is 5.52 Å². The second-order valence-corrected chi connectivity index (χ2v) is 2.03. The minimum absolute atomic E-state index is 0.822. The van der Waals surface area contributed by atoms with Crippen molar-refractivity contribution in [3.05, 3.63) is 18.6 Å². The molecule has 10 heavy (non-hydrogen) atoms. The maximum absolute atomic E-state index is 4.08. The molecule has 0 aliphatic heterocycles. The lowest BCUT2D eigenvalue weighted by Gasteiger charge is -1.88. The van der Waals surface area contributed by atoms with Gasteiger partial charge in [0.25, 0.3) is 0 Å². The van der Waals surface area contributed by atoms with Gasteiger partial charge in [-0.25, -0.2) is 14.6 Å². The van der Waals surface area contributed by atoms with Crippen molar-refractivity contribution in [1.29, 1.82) is 0 Å². The van der Waals surface area contributed by atoms with Gasteiger partial charge in [-0.15, -0.1) is 0 Å². The normalized spacial score (nSPS) is 10.5. The molecule has 2 rings (SSSR count). The Morgan fingerprint density at radius 2 is 2.10 bits per heavy atom. The molecule has 4 nitrogen and oxygen atoms in total. The van der Waals surface area contributed by atoms with Gasteiger partial charge in [-0.3, -0.25) is 0 Å². The molecule has 0 aliphatic rings. The number of hydrogen-bond donors (Lipinski definition) is 0. The van der Waals surface area contributed by atoms with Gasteiger partial charge < -0.3 is 0 Å². The van der Waals surface area contributed by atoms with Crippen LogP contribution in [0, 0.1) is 0 Å². The van der Waals surface area contributed by atoms with Crippen molar-refractivity contribution < 1.29 is 0 Å². The first-order valence-corrected chi connectivity index (χ1v) is 2.96. The second kappa shape index (κ2) is 1.76. The van der Waals surface area contributed by atoms with Crippen molar-refractivity contribution in [2.75, 3.05) is 0 Å². The predicted molar refractivity (Wildman–Crippen MR) is 36.3 cm³/mol. The fourth-order valence-corrected chi connectivity index (χ4v) is 0.878. The molecule has 4 heteroatoms. The van der Waals surface area contributed by atoms with Gasteiger partial charge in [-0.05, 0) is 0 Å². The highest BCUT2D eigenvalue weighted by molar-refractivity contribution is 5.68. The largest absolute Gasteiger partial charge is 0.250 e. The first kappa shape index (κ1) is 5.34.